The molecule has 0 radical (unpaired) electrons. The molecule has 2 N–H and O–H groups in total. The van der Waals surface area contributed by atoms with Crippen LogP contribution in [-0.2, 0) is 17.7 Å². The van der Waals surface area contributed by atoms with E-state index in [1.54, 1.807) is 13.4 Å². The Morgan fingerprint density at radius 1 is 1.30 bits per heavy atom. The van der Waals surface area contributed by atoms with Gasteiger partial charge in [0.25, 0.3) is 0 Å². The second kappa shape index (κ2) is 12.8. The lowest BCUT2D eigenvalue weighted by Crippen LogP contribution is -2.40. The van der Waals surface area contributed by atoms with Crippen molar-refractivity contribution in [2.45, 2.75) is 53.1 Å². The molecule has 1 aromatic carbocycles. The Hall–Kier alpha value is -2.61. The van der Waals surface area contributed by atoms with Gasteiger partial charge >= 0.3 is 0 Å². The van der Waals surface area contributed by atoms with Crippen LogP contribution < -0.4 is 15.4 Å². The molecule has 1 heterocycles. The third-order valence-corrected chi connectivity index (χ3v) is 4.78. The number of benzene rings is 1. The zero-order valence-electron chi connectivity index (χ0n) is 18.9. The number of hydrogen-bond donors (Lipinski definition) is 2. The summed E-state index contributed by atoms with van der Waals surface area (Å²) in [5, 5.41) is 15.1. The van der Waals surface area contributed by atoms with E-state index >= 15 is 0 Å². The van der Waals surface area contributed by atoms with Gasteiger partial charge in [-0.25, -0.2) is 0 Å². The highest BCUT2D eigenvalue weighted by Gasteiger charge is 2.13. The second-order valence-corrected chi connectivity index (χ2v) is 7.11. The van der Waals surface area contributed by atoms with E-state index < -0.39 is 0 Å². The smallest absolute Gasteiger partial charge is 0.191 e. The first-order valence-electron chi connectivity index (χ1n) is 10.7. The van der Waals surface area contributed by atoms with Crippen LogP contribution in [0.3, 0.4) is 0 Å². The summed E-state index contributed by atoms with van der Waals surface area (Å²) in [5.74, 6) is 2.62. The predicted molar refractivity (Wildman–Crippen MR) is 120 cm³/mol. The summed E-state index contributed by atoms with van der Waals surface area (Å²) in [7, 11) is 1.70. The number of nitrogens with one attached hydrogen (secondary N) is 2. The summed E-state index contributed by atoms with van der Waals surface area (Å²) in [6.45, 7) is 11.9. The predicted octanol–water partition coefficient (Wildman–Crippen LogP) is 2.88. The van der Waals surface area contributed by atoms with Crippen LogP contribution in [0.25, 0.3) is 0 Å². The summed E-state index contributed by atoms with van der Waals surface area (Å²) in [4.78, 5) is 4.73. The molecule has 1 unspecified atom stereocenters. The summed E-state index contributed by atoms with van der Waals surface area (Å²) < 4.78 is 13.0. The van der Waals surface area contributed by atoms with Gasteiger partial charge < -0.3 is 24.7 Å². The first-order valence-corrected chi connectivity index (χ1v) is 10.7. The molecular formula is C22H36N6O2. The van der Waals surface area contributed by atoms with Gasteiger partial charge in [-0.05, 0) is 33.3 Å². The Labute approximate surface area is 180 Å². The zero-order valence-corrected chi connectivity index (χ0v) is 18.9. The minimum atomic E-state index is 0.0408. The van der Waals surface area contributed by atoms with Gasteiger partial charge in [-0.3, -0.25) is 4.99 Å². The normalized spacial score (nSPS) is 12.6. The monoisotopic (exact) mass is 416 g/mol. The third kappa shape index (κ3) is 7.33. The first-order chi connectivity index (χ1) is 14.6. The van der Waals surface area contributed by atoms with Gasteiger partial charge in [0.15, 0.2) is 5.96 Å². The van der Waals surface area contributed by atoms with E-state index in [0.717, 1.165) is 62.2 Å². The molecule has 1 atom stereocenters. The van der Waals surface area contributed by atoms with Crippen molar-refractivity contribution in [3.63, 3.8) is 0 Å². The van der Waals surface area contributed by atoms with Crippen LogP contribution in [0.1, 0.15) is 50.2 Å². The fourth-order valence-electron chi connectivity index (χ4n) is 3.16. The summed E-state index contributed by atoms with van der Waals surface area (Å²) in [6, 6.07) is 6.25. The number of guanidine groups is 1. The van der Waals surface area contributed by atoms with E-state index in [4.69, 9.17) is 14.5 Å². The SMILES string of the molecule is CCOCCCN=C(NCCn1cnnc1CC)NC(C)c1cc(C)ccc1OC. The molecule has 0 spiro atoms. The van der Waals surface area contributed by atoms with Crippen LogP contribution in [0, 0.1) is 6.92 Å². The Balaban J connectivity index is 2.03. The molecule has 0 saturated carbocycles. The number of rotatable bonds is 12. The topological polar surface area (TPSA) is 85.6 Å². The van der Waals surface area contributed by atoms with E-state index in [1.165, 1.54) is 5.56 Å². The quantitative estimate of drug-likeness (QED) is 0.314. The highest BCUT2D eigenvalue weighted by atomic mass is 16.5. The molecule has 0 aliphatic rings. The minimum Gasteiger partial charge on any atom is -0.496 e. The Kier molecular flexibility index (Phi) is 10.1. The lowest BCUT2D eigenvalue weighted by atomic mass is 10.0. The minimum absolute atomic E-state index is 0.0408. The maximum Gasteiger partial charge on any atom is 0.191 e. The Morgan fingerprint density at radius 2 is 2.13 bits per heavy atom. The van der Waals surface area contributed by atoms with Crippen molar-refractivity contribution in [2.75, 3.05) is 33.4 Å². The molecule has 2 rings (SSSR count). The van der Waals surface area contributed by atoms with Crippen molar-refractivity contribution in [1.82, 2.24) is 25.4 Å². The van der Waals surface area contributed by atoms with Gasteiger partial charge in [0, 0.05) is 44.8 Å². The van der Waals surface area contributed by atoms with E-state index in [2.05, 4.69) is 58.3 Å². The molecule has 0 saturated heterocycles. The number of ether oxygens (including phenoxy) is 2. The number of hydrogen-bond acceptors (Lipinski definition) is 5. The molecule has 0 aliphatic heterocycles. The fraction of sp³-hybridized carbons (Fsp3) is 0.591. The average molecular weight is 417 g/mol. The molecule has 30 heavy (non-hydrogen) atoms. The molecule has 0 amide bonds. The Morgan fingerprint density at radius 3 is 2.87 bits per heavy atom. The van der Waals surface area contributed by atoms with Crippen LogP contribution in [0.4, 0.5) is 0 Å². The average Bonchev–Trinajstić information content (AvgIpc) is 3.20. The van der Waals surface area contributed by atoms with E-state index in [-0.39, 0.29) is 6.04 Å². The molecule has 1 aromatic heterocycles. The first kappa shape index (κ1) is 23.7. The van der Waals surface area contributed by atoms with Crippen molar-refractivity contribution in [1.29, 1.82) is 0 Å². The lowest BCUT2D eigenvalue weighted by molar-refractivity contribution is 0.146. The fourth-order valence-corrected chi connectivity index (χ4v) is 3.16. The van der Waals surface area contributed by atoms with Gasteiger partial charge in [-0.1, -0.05) is 24.6 Å². The van der Waals surface area contributed by atoms with E-state index in [9.17, 15) is 0 Å². The molecule has 2 aromatic rings. The highest BCUT2D eigenvalue weighted by Crippen LogP contribution is 2.25. The lowest BCUT2D eigenvalue weighted by Gasteiger charge is -2.21. The summed E-state index contributed by atoms with van der Waals surface area (Å²) in [5.41, 5.74) is 2.30. The maximum atomic E-state index is 5.55. The molecule has 8 heteroatoms. The van der Waals surface area contributed by atoms with E-state index in [0.29, 0.717) is 6.54 Å². The molecule has 0 aliphatic carbocycles. The number of aliphatic imine (C=N–C) groups is 1. The molecule has 0 bridgehead atoms. The largest absolute Gasteiger partial charge is 0.496 e. The van der Waals surface area contributed by atoms with Crippen molar-refractivity contribution in [2.24, 2.45) is 4.99 Å². The summed E-state index contributed by atoms with van der Waals surface area (Å²) in [6.07, 6.45) is 3.52. The van der Waals surface area contributed by atoms with Crippen molar-refractivity contribution in [3.05, 3.63) is 41.5 Å². The van der Waals surface area contributed by atoms with Crippen LogP contribution in [0.5, 0.6) is 5.75 Å². The summed E-state index contributed by atoms with van der Waals surface area (Å²) >= 11 is 0. The van der Waals surface area contributed by atoms with Crippen molar-refractivity contribution in [3.8, 4) is 5.75 Å². The van der Waals surface area contributed by atoms with E-state index in [1.807, 2.05) is 13.0 Å². The number of methoxy groups -OCH3 is 1. The van der Waals surface area contributed by atoms with Crippen LogP contribution >= 0.6 is 0 Å². The van der Waals surface area contributed by atoms with Gasteiger partial charge in [-0.2, -0.15) is 0 Å². The number of aromatic nitrogens is 3. The van der Waals surface area contributed by atoms with Crippen LogP contribution in [0.2, 0.25) is 0 Å². The highest BCUT2D eigenvalue weighted by molar-refractivity contribution is 5.80. The Bertz CT molecular complexity index is 790. The molecular weight excluding hydrogens is 380 g/mol. The molecule has 166 valence electrons. The standard InChI is InChI=1S/C22H36N6O2/c1-6-21-27-25-16-28(21)13-12-24-22(23-11-8-14-30-7-2)26-18(4)19-15-17(3)9-10-20(19)29-5/h9-10,15-16,18H,6-8,11-14H2,1-5H3,(H2,23,24,26). The van der Waals surface area contributed by atoms with Crippen molar-refractivity contribution < 1.29 is 9.47 Å². The van der Waals surface area contributed by atoms with Crippen molar-refractivity contribution >= 4 is 5.96 Å². The number of aryl methyl sites for hydroxylation is 2. The zero-order chi connectivity index (χ0) is 21.8. The van der Waals surface area contributed by atoms with Gasteiger partial charge in [0.2, 0.25) is 0 Å². The van der Waals surface area contributed by atoms with Gasteiger partial charge in [0.05, 0.1) is 13.2 Å². The molecule has 0 fully saturated rings. The number of nitrogens with zero attached hydrogens (tertiary/aromatic N) is 4. The van der Waals surface area contributed by atoms with Crippen LogP contribution in [0.15, 0.2) is 29.5 Å². The van der Waals surface area contributed by atoms with Gasteiger partial charge in [0.1, 0.15) is 17.9 Å². The van der Waals surface area contributed by atoms with Gasteiger partial charge in [-0.15, -0.1) is 10.2 Å². The second-order valence-electron chi connectivity index (χ2n) is 7.11. The molecule has 8 nitrogen and oxygen atoms in total. The third-order valence-electron chi connectivity index (χ3n) is 4.78. The van der Waals surface area contributed by atoms with Crippen LogP contribution in [-0.4, -0.2) is 54.1 Å². The maximum absolute atomic E-state index is 5.55.